The lowest BCUT2D eigenvalue weighted by atomic mass is 10.1. The molecule has 0 bridgehead atoms. The standard InChI is InChI=1S/C21H21BrO5/c1-4-25-20(23)8-14-5-6-17(24-3)10-19(14)26-11-15-12-27-21-13(2)7-16(22)9-18(15)21/h5-7,9-10,12H,4,8,11H2,1-3H3. The quantitative estimate of drug-likeness (QED) is 0.480. The topological polar surface area (TPSA) is 57.9 Å². The van der Waals surface area contributed by atoms with Gasteiger partial charge in [-0.05, 0) is 37.6 Å². The van der Waals surface area contributed by atoms with Crippen molar-refractivity contribution in [3.63, 3.8) is 0 Å². The Labute approximate surface area is 166 Å². The highest BCUT2D eigenvalue weighted by atomic mass is 79.9. The Morgan fingerprint density at radius 3 is 2.74 bits per heavy atom. The maximum atomic E-state index is 11.9. The molecule has 0 aliphatic rings. The predicted octanol–water partition coefficient (Wildman–Crippen LogP) is 5.20. The lowest BCUT2D eigenvalue weighted by molar-refractivity contribution is -0.142. The van der Waals surface area contributed by atoms with Crippen LogP contribution >= 0.6 is 15.9 Å². The number of halogens is 1. The highest BCUT2D eigenvalue weighted by Gasteiger charge is 2.14. The summed E-state index contributed by atoms with van der Waals surface area (Å²) in [6, 6.07) is 9.41. The first kappa shape index (κ1) is 19.3. The number of hydrogen-bond acceptors (Lipinski definition) is 5. The number of rotatable bonds is 7. The monoisotopic (exact) mass is 432 g/mol. The molecule has 0 spiro atoms. The fourth-order valence-corrected chi connectivity index (χ4v) is 3.47. The first-order valence-electron chi connectivity index (χ1n) is 8.63. The molecule has 0 saturated heterocycles. The summed E-state index contributed by atoms with van der Waals surface area (Å²) in [6.07, 6.45) is 1.85. The molecule has 0 unspecified atom stereocenters. The molecule has 0 N–H and O–H groups in total. The summed E-state index contributed by atoms with van der Waals surface area (Å²) in [4.78, 5) is 11.9. The van der Waals surface area contributed by atoms with Crippen LogP contribution in [-0.2, 0) is 22.6 Å². The normalized spacial score (nSPS) is 10.8. The number of aryl methyl sites for hydroxylation is 1. The van der Waals surface area contributed by atoms with Crippen LogP contribution in [0.15, 0.2) is 45.5 Å². The SMILES string of the molecule is CCOC(=O)Cc1ccc(OC)cc1OCc1coc2c(C)cc(Br)cc12. The van der Waals surface area contributed by atoms with E-state index in [0.29, 0.717) is 24.7 Å². The minimum absolute atomic E-state index is 0.143. The highest BCUT2D eigenvalue weighted by Crippen LogP contribution is 2.31. The van der Waals surface area contributed by atoms with E-state index in [1.54, 1.807) is 32.4 Å². The second kappa shape index (κ2) is 8.48. The molecule has 3 rings (SSSR count). The average molecular weight is 433 g/mol. The zero-order chi connectivity index (χ0) is 19.4. The fourth-order valence-electron chi connectivity index (χ4n) is 2.90. The van der Waals surface area contributed by atoms with E-state index >= 15 is 0 Å². The van der Waals surface area contributed by atoms with Crippen LogP contribution in [0.4, 0.5) is 0 Å². The number of carbonyl (C=O) groups is 1. The van der Waals surface area contributed by atoms with Gasteiger partial charge in [-0.3, -0.25) is 4.79 Å². The van der Waals surface area contributed by atoms with Crippen molar-refractivity contribution in [1.82, 2.24) is 0 Å². The molecule has 0 amide bonds. The number of furan rings is 1. The number of hydrogen-bond donors (Lipinski definition) is 0. The van der Waals surface area contributed by atoms with E-state index in [1.807, 2.05) is 25.1 Å². The van der Waals surface area contributed by atoms with E-state index in [4.69, 9.17) is 18.6 Å². The van der Waals surface area contributed by atoms with Gasteiger partial charge in [0.05, 0.1) is 26.4 Å². The van der Waals surface area contributed by atoms with Crippen molar-refractivity contribution in [2.75, 3.05) is 13.7 Å². The van der Waals surface area contributed by atoms with E-state index in [1.165, 1.54) is 0 Å². The van der Waals surface area contributed by atoms with Crippen LogP contribution in [0, 0.1) is 6.92 Å². The number of esters is 1. The van der Waals surface area contributed by atoms with Crippen molar-refractivity contribution < 1.29 is 23.4 Å². The summed E-state index contributed by atoms with van der Waals surface area (Å²) in [5.41, 5.74) is 3.57. The Hall–Kier alpha value is -2.47. The number of fused-ring (bicyclic) bond motifs is 1. The second-order valence-corrected chi connectivity index (χ2v) is 7.02. The predicted molar refractivity (Wildman–Crippen MR) is 106 cm³/mol. The molecule has 0 saturated carbocycles. The van der Waals surface area contributed by atoms with Gasteiger partial charge in [0.25, 0.3) is 0 Å². The third-order valence-electron chi connectivity index (χ3n) is 4.20. The van der Waals surface area contributed by atoms with Gasteiger partial charge in [-0.1, -0.05) is 22.0 Å². The van der Waals surface area contributed by atoms with Gasteiger partial charge in [-0.2, -0.15) is 0 Å². The molecular weight excluding hydrogens is 412 g/mol. The van der Waals surface area contributed by atoms with Gasteiger partial charge in [-0.25, -0.2) is 0 Å². The van der Waals surface area contributed by atoms with Crippen molar-refractivity contribution in [3.05, 3.63) is 57.8 Å². The number of methoxy groups -OCH3 is 1. The third-order valence-corrected chi connectivity index (χ3v) is 4.66. The molecule has 0 aliphatic carbocycles. The van der Waals surface area contributed by atoms with Gasteiger partial charge in [0.1, 0.15) is 23.7 Å². The van der Waals surface area contributed by atoms with Crippen molar-refractivity contribution in [3.8, 4) is 11.5 Å². The minimum atomic E-state index is -0.291. The van der Waals surface area contributed by atoms with Crippen molar-refractivity contribution in [2.24, 2.45) is 0 Å². The molecule has 3 aromatic rings. The third kappa shape index (κ3) is 4.45. The van der Waals surface area contributed by atoms with E-state index < -0.39 is 0 Å². The van der Waals surface area contributed by atoms with Crippen LogP contribution in [0.3, 0.4) is 0 Å². The number of ether oxygens (including phenoxy) is 3. The fraction of sp³-hybridized carbons (Fsp3) is 0.286. The van der Waals surface area contributed by atoms with E-state index in [2.05, 4.69) is 15.9 Å². The average Bonchev–Trinajstić information content (AvgIpc) is 3.04. The van der Waals surface area contributed by atoms with Gasteiger partial charge in [0.15, 0.2) is 0 Å². The summed E-state index contributed by atoms with van der Waals surface area (Å²) in [7, 11) is 1.59. The zero-order valence-corrected chi connectivity index (χ0v) is 17.1. The molecule has 0 fully saturated rings. The van der Waals surface area contributed by atoms with Crippen LogP contribution in [0.5, 0.6) is 11.5 Å². The maximum absolute atomic E-state index is 11.9. The summed E-state index contributed by atoms with van der Waals surface area (Å²) in [5, 5.41) is 0.997. The van der Waals surface area contributed by atoms with Crippen LogP contribution in [0.1, 0.15) is 23.6 Å². The molecule has 0 atom stereocenters. The number of benzene rings is 2. The van der Waals surface area contributed by atoms with Crippen molar-refractivity contribution in [2.45, 2.75) is 26.9 Å². The molecule has 6 heteroatoms. The molecule has 1 aromatic heterocycles. The zero-order valence-electron chi connectivity index (χ0n) is 15.5. The summed E-state index contributed by atoms with van der Waals surface area (Å²) < 4.78 is 23.0. The Balaban J connectivity index is 1.85. The van der Waals surface area contributed by atoms with Crippen molar-refractivity contribution >= 4 is 32.9 Å². The Morgan fingerprint density at radius 1 is 1.19 bits per heavy atom. The summed E-state index contributed by atoms with van der Waals surface area (Å²) in [5.74, 6) is 0.956. The molecule has 5 nitrogen and oxygen atoms in total. The Morgan fingerprint density at radius 2 is 2.00 bits per heavy atom. The number of carbonyl (C=O) groups excluding carboxylic acids is 1. The van der Waals surface area contributed by atoms with E-state index in [-0.39, 0.29) is 12.4 Å². The molecular formula is C21H21BrO5. The molecule has 1 heterocycles. The Kier molecular flexibility index (Phi) is 6.06. The lowest BCUT2D eigenvalue weighted by Crippen LogP contribution is -2.09. The first-order chi connectivity index (χ1) is 13.0. The smallest absolute Gasteiger partial charge is 0.310 e. The van der Waals surface area contributed by atoms with E-state index in [9.17, 15) is 4.79 Å². The lowest BCUT2D eigenvalue weighted by Gasteiger charge is -2.12. The first-order valence-corrected chi connectivity index (χ1v) is 9.42. The molecule has 142 valence electrons. The van der Waals surface area contributed by atoms with Gasteiger partial charge in [0.2, 0.25) is 0 Å². The highest BCUT2D eigenvalue weighted by molar-refractivity contribution is 9.10. The largest absolute Gasteiger partial charge is 0.497 e. The van der Waals surface area contributed by atoms with Crippen LogP contribution < -0.4 is 9.47 Å². The van der Waals surface area contributed by atoms with Crippen LogP contribution in [-0.4, -0.2) is 19.7 Å². The molecule has 2 aromatic carbocycles. The van der Waals surface area contributed by atoms with Gasteiger partial charge in [0, 0.05) is 27.1 Å². The second-order valence-electron chi connectivity index (χ2n) is 6.10. The van der Waals surface area contributed by atoms with Gasteiger partial charge < -0.3 is 18.6 Å². The van der Waals surface area contributed by atoms with Gasteiger partial charge >= 0.3 is 5.97 Å². The van der Waals surface area contributed by atoms with Gasteiger partial charge in [-0.15, -0.1) is 0 Å². The summed E-state index contributed by atoms with van der Waals surface area (Å²) >= 11 is 3.52. The summed E-state index contributed by atoms with van der Waals surface area (Å²) in [6.45, 7) is 4.44. The maximum Gasteiger partial charge on any atom is 0.310 e. The van der Waals surface area contributed by atoms with E-state index in [0.717, 1.165) is 32.1 Å². The van der Waals surface area contributed by atoms with Crippen LogP contribution in [0.2, 0.25) is 0 Å². The molecule has 0 radical (unpaired) electrons. The molecule has 27 heavy (non-hydrogen) atoms. The minimum Gasteiger partial charge on any atom is -0.497 e. The van der Waals surface area contributed by atoms with Crippen LogP contribution in [0.25, 0.3) is 11.0 Å². The Bertz CT molecular complexity index is 961. The molecule has 0 aliphatic heterocycles. The van der Waals surface area contributed by atoms with Crippen molar-refractivity contribution in [1.29, 1.82) is 0 Å².